The highest BCUT2D eigenvalue weighted by atomic mass is 35.5. The van der Waals surface area contributed by atoms with Crippen LogP contribution >= 0.6 is 11.6 Å². The van der Waals surface area contributed by atoms with Crippen molar-refractivity contribution in [1.29, 1.82) is 0 Å². The van der Waals surface area contributed by atoms with Gasteiger partial charge in [0.25, 0.3) is 5.56 Å². The van der Waals surface area contributed by atoms with E-state index in [1.807, 2.05) is 37.3 Å². The minimum atomic E-state index is -0.826. The maximum atomic E-state index is 13.9. The number of fused-ring (bicyclic) bond motifs is 1. The van der Waals surface area contributed by atoms with Crippen molar-refractivity contribution in [2.45, 2.75) is 19.0 Å². The number of nitrogens with one attached hydrogen (secondary N) is 1. The molecule has 0 radical (unpaired) electrons. The molecule has 8 heteroatoms. The van der Waals surface area contributed by atoms with Crippen LogP contribution in [0.25, 0.3) is 11.0 Å². The molecule has 1 N–H and O–H groups in total. The van der Waals surface area contributed by atoms with Crippen molar-refractivity contribution < 1.29 is 4.39 Å². The second kappa shape index (κ2) is 6.59. The van der Waals surface area contributed by atoms with Crippen molar-refractivity contribution >= 4 is 28.8 Å². The first-order chi connectivity index (χ1) is 13.0. The smallest absolute Gasteiger partial charge is 0.283 e. The zero-order valence-corrected chi connectivity index (χ0v) is 14.9. The Hall–Kier alpha value is -3.06. The van der Waals surface area contributed by atoms with Crippen LogP contribution in [0.1, 0.15) is 24.6 Å². The lowest BCUT2D eigenvalue weighted by Gasteiger charge is -2.29. The topological polar surface area (TPSA) is 80.1 Å². The maximum Gasteiger partial charge on any atom is 0.330 e. The highest BCUT2D eigenvalue weighted by Gasteiger charge is 2.30. The fraction of sp³-hybridized carbons (Fsp3) is 0.158. The Morgan fingerprint density at radius 2 is 1.96 bits per heavy atom. The van der Waals surface area contributed by atoms with E-state index in [-0.39, 0.29) is 11.0 Å². The quantitative estimate of drug-likeness (QED) is 0.689. The summed E-state index contributed by atoms with van der Waals surface area (Å²) in [5.41, 5.74) is 0.387. The number of nitrogens with zero attached hydrogens (tertiary/aromatic N) is 3. The Kier molecular flexibility index (Phi) is 4.24. The van der Waals surface area contributed by atoms with Crippen molar-refractivity contribution in [2.75, 3.05) is 0 Å². The lowest BCUT2D eigenvalue weighted by Crippen LogP contribution is -2.36. The van der Waals surface area contributed by atoms with E-state index in [1.165, 1.54) is 4.57 Å². The van der Waals surface area contributed by atoms with Gasteiger partial charge >= 0.3 is 5.69 Å². The number of dihydropyridines is 1. The first-order valence-electron chi connectivity index (χ1n) is 8.23. The number of allylic oxidation sites excluding steroid dienone is 1. The number of aromatic amines is 1. The van der Waals surface area contributed by atoms with Crippen LogP contribution in [0, 0.1) is 5.82 Å². The van der Waals surface area contributed by atoms with Gasteiger partial charge in [0.2, 0.25) is 0 Å². The van der Waals surface area contributed by atoms with Crippen LogP contribution in [-0.4, -0.2) is 20.7 Å². The summed E-state index contributed by atoms with van der Waals surface area (Å²) in [6, 6.07) is 9.51. The third kappa shape index (κ3) is 2.90. The van der Waals surface area contributed by atoms with Crippen LogP contribution < -0.4 is 11.2 Å². The Labute approximate surface area is 157 Å². The molecular formula is C19H14ClFN4O2. The van der Waals surface area contributed by atoms with Crippen molar-refractivity contribution in [3.05, 3.63) is 85.4 Å². The van der Waals surface area contributed by atoms with E-state index in [9.17, 15) is 14.0 Å². The van der Waals surface area contributed by atoms with E-state index in [0.29, 0.717) is 0 Å². The predicted molar refractivity (Wildman–Crippen MR) is 102 cm³/mol. The molecule has 0 fully saturated rings. The molecule has 0 saturated carbocycles. The Morgan fingerprint density at radius 3 is 2.70 bits per heavy atom. The molecular weight excluding hydrogens is 371 g/mol. The molecule has 3 aromatic rings. The molecule has 0 aliphatic carbocycles. The van der Waals surface area contributed by atoms with Gasteiger partial charge in [0, 0.05) is 6.21 Å². The van der Waals surface area contributed by atoms with Crippen LogP contribution in [0.4, 0.5) is 4.39 Å². The maximum absolute atomic E-state index is 13.9. The van der Waals surface area contributed by atoms with Crippen LogP contribution in [0.5, 0.6) is 0 Å². The summed E-state index contributed by atoms with van der Waals surface area (Å²) < 4.78 is 15.2. The molecule has 1 aliphatic heterocycles. The van der Waals surface area contributed by atoms with E-state index in [4.69, 9.17) is 11.6 Å². The molecule has 2 atom stereocenters. The molecule has 27 heavy (non-hydrogen) atoms. The van der Waals surface area contributed by atoms with Crippen molar-refractivity contribution in [1.82, 2.24) is 14.5 Å². The number of H-pyrrole nitrogens is 1. The molecule has 6 nitrogen and oxygen atoms in total. The molecule has 0 saturated heterocycles. The minimum Gasteiger partial charge on any atom is -0.283 e. The number of aromatic nitrogens is 3. The van der Waals surface area contributed by atoms with Gasteiger partial charge < -0.3 is 0 Å². The van der Waals surface area contributed by atoms with Crippen LogP contribution in [0.15, 0.2) is 62.6 Å². The summed E-state index contributed by atoms with van der Waals surface area (Å²) in [7, 11) is 0. The van der Waals surface area contributed by atoms with E-state index in [0.717, 1.165) is 17.2 Å². The summed E-state index contributed by atoms with van der Waals surface area (Å²) in [5.74, 6) is -0.826. The average molecular weight is 385 g/mol. The lowest BCUT2D eigenvalue weighted by molar-refractivity contribution is 0.464. The van der Waals surface area contributed by atoms with Crippen LogP contribution in [-0.2, 0) is 0 Å². The minimum absolute atomic E-state index is 0.0194. The zero-order valence-electron chi connectivity index (χ0n) is 14.2. The second-order valence-electron chi connectivity index (χ2n) is 6.27. The normalized spacial score (nSPS) is 19.3. The van der Waals surface area contributed by atoms with Gasteiger partial charge in [0.15, 0.2) is 16.6 Å². The summed E-state index contributed by atoms with van der Waals surface area (Å²) in [4.78, 5) is 35.7. The number of rotatable bonds is 2. The third-order valence-corrected chi connectivity index (χ3v) is 4.86. The standard InChI is InChI=1S/C19H14ClFN4O2/c1-10-7-8-22-14(11-5-3-2-4-6-11)15(10)25-17-12(18(26)24-19(25)27)9-13(21)16(20)23-17/h2-9,14-15H,1H3,(H,24,26,27)/t14-,15?/m0/s1. The predicted octanol–water partition coefficient (Wildman–Crippen LogP) is 3.19. The van der Waals surface area contributed by atoms with E-state index < -0.39 is 34.3 Å². The van der Waals surface area contributed by atoms with Crippen LogP contribution in [0.2, 0.25) is 5.15 Å². The highest BCUT2D eigenvalue weighted by Crippen LogP contribution is 2.37. The molecule has 1 unspecified atom stereocenters. The number of benzene rings is 1. The SMILES string of the molecule is CC1=CC=N[C@@H](c2ccccc2)C1n1c(=O)[nH]c(=O)c2cc(F)c(Cl)nc21. The Bertz CT molecular complexity index is 1210. The van der Waals surface area contributed by atoms with E-state index in [2.05, 4.69) is 15.0 Å². The van der Waals surface area contributed by atoms with Gasteiger partial charge in [-0.15, -0.1) is 0 Å². The second-order valence-corrected chi connectivity index (χ2v) is 6.63. The molecule has 0 spiro atoms. The summed E-state index contributed by atoms with van der Waals surface area (Å²) in [6.07, 6.45) is 3.47. The zero-order chi connectivity index (χ0) is 19.1. The fourth-order valence-corrected chi connectivity index (χ4v) is 3.47. The van der Waals surface area contributed by atoms with Gasteiger partial charge in [0.1, 0.15) is 0 Å². The van der Waals surface area contributed by atoms with Crippen molar-refractivity contribution in [3.63, 3.8) is 0 Å². The number of halogens is 2. The van der Waals surface area contributed by atoms with Gasteiger partial charge in [-0.2, -0.15) is 0 Å². The third-order valence-electron chi connectivity index (χ3n) is 4.59. The molecule has 2 aromatic heterocycles. The van der Waals surface area contributed by atoms with Gasteiger partial charge in [-0.3, -0.25) is 19.3 Å². The summed E-state index contributed by atoms with van der Waals surface area (Å²) in [5, 5.41) is -0.455. The largest absolute Gasteiger partial charge is 0.330 e. The number of pyridine rings is 1. The average Bonchev–Trinajstić information content (AvgIpc) is 2.65. The molecule has 4 rings (SSSR count). The molecule has 3 heterocycles. The van der Waals surface area contributed by atoms with Gasteiger partial charge in [-0.05, 0) is 30.2 Å². The monoisotopic (exact) mass is 384 g/mol. The number of aliphatic imine (C=N–C) groups is 1. The van der Waals surface area contributed by atoms with Gasteiger partial charge in [0.05, 0.1) is 17.5 Å². The van der Waals surface area contributed by atoms with Crippen molar-refractivity contribution in [2.24, 2.45) is 4.99 Å². The van der Waals surface area contributed by atoms with Gasteiger partial charge in [-0.25, -0.2) is 14.2 Å². The first-order valence-corrected chi connectivity index (χ1v) is 8.60. The molecule has 0 amide bonds. The molecule has 0 bridgehead atoms. The Morgan fingerprint density at radius 1 is 1.22 bits per heavy atom. The van der Waals surface area contributed by atoms with Crippen LogP contribution in [0.3, 0.4) is 0 Å². The highest BCUT2D eigenvalue weighted by molar-refractivity contribution is 6.29. The van der Waals surface area contributed by atoms with Crippen molar-refractivity contribution in [3.8, 4) is 0 Å². The molecule has 136 valence electrons. The summed E-state index contributed by atoms with van der Waals surface area (Å²) >= 11 is 5.84. The van der Waals surface area contributed by atoms with E-state index in [1.54, 1.807) is 12.3 Å². The molecule has 1 aromatic carbocycles. The lowest BCUT2D eigenvalue weighted by atomic mass is 9.92. The summed E-state index contributed by atoms with van der Waals surface area (Å²) in [6.45, 7) is 1.86. The van der Waals surface area contributed by atoms with E-state index >= 15 is 0 Å². The Balaban J connectivity index is 2.04. The first kappa shape index (κ1) is 17.4. The van der Waals surface area contributed by atoms with Gasteiger partial charge in [-0.1, -0.05) is 41.9 Å². The number of hydrogen-bond donors (Lipinski definition) is 1. The molecule has 1 aliphatic rings. The number of hydrogen-bond acceptors (Lipinski definition) is 4. The fourth-order valence-electron chi connectivity index (χ4n) is 3.33.